The Hall–Kier alpha value is -2.68. The largest absolute Gasteiger partial charge is 0.496 e. The van der Waals surface area contributed by atoms with E-state index in [0.29, 0.717) is 27.5 Å². The van der Waals surface area contributed by atoms with Crippen molar-refractivity contribution in [3.63, 3.8) is 0 Å². The SMILES string of the molecule is COc1ccc(Br)cc1C(=O)NN=Cc1cc(Br)ccc1OC(=O)c1ccc(Cl)cc1. The van der Waals surface area contributed by atoms with E-state index in [1.54, 1.807) is 60.7 Å². The fourth-order valence-electron chi connectivity index (χ4n) is 2.54. The van der Waals surface area contributed by atoms with Gasteiger partial charge in [-0.2, -0.15) is 5.10 Å². The Labute approximate surface area is 200 Å². The molecular formula is C22H15Br2ClN2O4. The molecule has 0 saturated heterocycles. The van der Waals surface area contributed by atoms with Crippen LogP contribution in [-0.4, -0.2) is 25.2 Å². The third-order valence-corrected chi connectivity index (χ3v) is 5.27. The van der Waals surface area contributed by atoms with Crippen LogP contribution in [-0.2, 0) is 0 Å². The van der Waals surface area contributed by atoms with Gasteiger partial charge < -0.3 is 9.47 Å². The minimum absolute atomic E-state index is 0.279. The Bertz CT molecular complexity index is 1150. The van der Waals surface area contributed by atoms with Crippen LogP contribution in [0.3, 0.4) is 0 Å². The van der Waals surface area contributed by atoms with Crippen LogP contribution in [0.2, 0.25) is 5.02 Å². The second-order valence-corrected chi connectivity index (χ2v) is 8.39. The first-order valence-corrected chi connectivity index (χ1v) is 10.8. The molecule has 158 valence electrons. The first-order chi connectivity index (χ1) is 14.9. The van der Waals surface area contributed by atoms with E-state index in [9.17, 15) is 9.59 Å². The molecule has 0 fully saturated rings. The van der Waals surface area contributed by atoms with Crippen LogP contribution < -0.4 is 14.9 Å². The number of nitrogens with zero attached hydrogens (tertiary/aromatic N) is 1. The molecule has 6 nitrogen and oxygen atoms in total. The second-order valence-electron chi connectivity index (χ2n) is 6.12. The summed E-state index contributed by atoms with van der Waals surface area (Å²) >= 11 is 12.6. The van der Waals surface area contributed by atoms with Crippen molar-refractivity contribution in [2.45, 2.75) is 0 Å². The summed E-state index contributed by atoms with van der Waals surface area (Å²) in [6.07, 6.45) is 1.39. The number of halogens is 3. The maximum absolute atomic E-state index is 12.5. The normalized spacial score (nSPS) is 10.7. The second kappa shape index (κ2) is 10.6. The number of hydrazone groups is 1. The zero-order chi connectivity index (χ0) is 22.4. The molecular weight excluding hydrogens is 552 g/mol. The molecule has 0 bridgehead atoms. The van der Waals surface area contributed by atoms with Crippen molar-refractivity contribution in [3.8, 4) is 11.5 Å². The van der Waals surface area contributed by atoms with Crippen LogP contribution in [0.25, 0.3) is 0 Å². The molecule has 0 atom stereocenters. The number of methoxy groups -OCH3 is 1. The molecule has 31 heavy (non-hydrogen) atoms. The summed E-state index contributed by atoms with van der Waals surface area (Å²) in [5.41, 5.74) is 3.60. The Kier molecular flexibility index (Phi) is 7.84. The maximum atomic E-state index is 12.5. The zero-order valence-electron chi connectivity index (χ0n) is 16.1. The predicted molar refractivity (Wildman–Crippen MR) is 126 cm³/mol. The van der Waals surface area contributed by atoms with Gasteiger partial charge in [0.05, 0.1) is 24.5 Å². The maximum Gasteiger partial charge on any atom is 0.343 e. The van der Waals surface area contributed by atoms with Gasteiger partial charge in [0.2, 0.25) is 0 Å². The number of carbonyl (C=O) groups excluding carboxylic acids is 2. The lowest BCUT2D eigenvalue weighted by molar-refractivity contribution is 0.0734. The van der Waals surface area contributed by atoms with Crippen LogP contribution in [0.5, 0.6) is 11.5 Å². The van der Waals surface area contributed by atoms with E-state index < -0.39 is 11.9 Å². The zero-order valence-corrected chi connectivity index (χ0v) is 20.0. The smallest absolute Gasteiger partial charge is 0.343 e. The molecule has 0 aliphatic rings. The van der Waals surface area contributed by atoms with Crippen molar-refractivity contribution in [1.82, 2.24) is 5.43 Å². The molecule has 3 aromatic carbocycles. The van der Waals surface area contributed by atoms with Crippen LogP contribution in [0, 0.1) is 0 Å². The average molecular weight is 567 g/mol. The van der Waals surface area contributed by atoms with Crippen molar-refractivity contribution in [1.29, 1.82) is 0 Å². The van der Waals surface area contributed by atoms with Gasteiger partial charge in [0, 0.05) is 19.5 Å². The third kappa shape index (κ3) is 6.16. The topological polar surface area (TPSA) is 77.0 Å². The van der Waals surface area contributed by atoms with E-state index >= 15 is 0 Å². The Morgan fingerprint density at radius 2 is 1.61 bits per heavy atom. The van der Waals surface area contributed by atoms with E-state index in [1.807, 2.05) is 0 Å². The van der Waals surface area contributed by atoms with Crippen molar-refractivity contribution in [2.75, 3.05) is 7.11 Å². The van der Waals surface area contributed by atoms with Crippen LogP contribution in [0.1, 0.15) is 26.3 Å². The summed E-state index contributed by atoms with van der Waals surface area (Å²) in [4.78, 5) is 24.9. The van der Waals surface area contributed by atoms with Crippen molar-refractivity contribution >= 4 is 61.6 Å². The summed E-state index contributed by atoms with van der Waals surface area (Å²) < 4.78 is 12.2. The van der Waals surface area contributed by atoms with Gasteiger partial charge in [-0.1, -0.05) is 43.5 Å². The fraction of sp³-hybridized carbons (Fsp3) is 0.0455. The molecule has 0 saturated carbocycles. The first-order valence-electron chi connectivity index (χ1n) is 8.81. The quantitative estimate of drug-likeness (QED) is 0.176. The van der Waals surface area contributed by atoms with Crippen molar-refractivity contribution < 1.29 is 19.1 Å². The van der Waals surface area contributed by atoms with Crippen molar-refractivity contribution in [2.24, 2.45) is 5.10 Å². The van der Waals surface area contributed by atoms with Crippen molar-refractivity contribution in [3.05, 3.63) is 91.3 Å². The van der Waals surface area contributed by atoms with Gasteiger partial charge in [-0.25, -0.2) is 10.2 Å². The average Bonchev–Trinajstić information content (AvgIpc) is 2.75. The van der Waals surface area contributed by atoms with Gasteiger partial charge in [0.15, 0.2) is 0 Å². The first kappa shape index (κ1) is 23.0. The van der Waals surface area contributed by atoms with Gasteiger partial charge in [0.25, 0.3) is 5.91 Å². The molecule has 0 aliphatic heterocycles. The lowest BCUT2D eigenvalue weighted by Crippen LogP contribution is -2.18. The molecule has 3 rings (SSSR count). The number of nitrogens with one attached hydrogen (secondary N) is 1. The molecule has 1 amide bonds. The molecule has 0 heterocycles. The minimum Gasteiger partial charge on any atom is -0.496 e. The highest BCUT2D eigenvalue weighted by Crippen LogP contribution is 2.24. The monoisotopic (exact) mass is 564 g/mol. The van der Waals surface area contributed by atoms with E-state index in [1.165, 1.54) is 13.3 Å². The van der Waals surface area contributed by atoms with E-state index in [0.717, 1.165) is 8.95 Å². The number of ether oxygens (including phenoxy) is 2. The van der Waals surface area contributed by atoms with Crippen LogP contribution >= 0.6 is 43.5 Å². The number of esters is 1. The Morgan fingerprint density at radius 1 is 0.968 bits per heavy atom. The van der Waals surface area contributed by atoms with Gasteiger partial charge in [0.1, 0.15) is 11.5 Å². The molecule has 0 radical (unpaired) electrons. The fourth-order valence-corrected chi connectivity index (χ4v) is 3.40. The highest BCUT2D eigenvalue weighted by molar-refractivity contribution is 9.10. The Morgan fingerprint density at radius 3 is 2.29 bits per heavy atom. The number of hydrogen-bond acceptors (Lipinski definition) is 5. The predicted octanol–water partition coefficient (Wildman–Crippen LogP) is 5.86. The van der Waals surface area contributed by atoms with E-state index in [2.05, 4.69) is 42.4 Å². The number of rotatable bonds is 6. The van der Waals surface area contributed by atoms with Crippen LogP contribution in [0.15, 0.2) is 74.7 Å². The van der Waals surface area contributed by atoms with E-state index in [-0.39, 0.29) is 5.75 Å². The summed E-state index contributed by atoms with van der Waals surface area (Å²) in [6, 6.07) is 16.5. The lowest BCUT2D eigenvalue weighted by atomic mass is 10.2. The van der Waals surface area contributed by atoms with E-state index in [4.69, 9.17) is 21.1 Å². The lowest BCUT2D eigenvalue weighted by Gasteiger charge is -2.09. The summed E-state index contributed by atoms with van der Waals surface area (Å²) in [7, 11) is 1.48. The molecule has 0 aromatic heterocycles. The third-order valence-electron chi connectivity index (χ3n) is 4.03. The molecule has 0 spiro atoms. The number of amides is 1. The summed E-state index contributed by atoms with van der Waals surface area (Å²) in [5.74, 6) is -0.308. The number of benzene rings is 3. The Balaban J connectivity index is 1.77. The molecule has 0 unspecified atom stereocenters. The highest BCUT2D eigenvalue weighted by Gasteiger charge is 2.14. The van der Waals surface area contributed by atoms with Gasteiger partial charge >= 0.3 is 5.97 Å². The number of carbonyl (C=O) groups is 2. The van der Waals surface area contributed by atoms with Gasteiger partial charge in [-0.05, 0) is 60.7 Å². The summed E-state index contributed by atoms with van der Waals surface area (Å²) in [5, 5.41) is 4.51. The summed E-state index contributed by atoms with van der Waals surface area (Å²) in [6.45, 7) is 0. The van der Waals surface area contributed by atoms with Crippen LogP contribution in [0.4, 0.5) is 0 Å². The highest BCUT2D eigenvalue weighted by atomic mass is 79.9. The minimum atomic E-state index is -0.545. The number of hydrogen-bond donors (Lipinski definition) is 1. The standard InChI is InChI=1S/C22H15Br2ClN2O4/c1-30-20-9-5-16(24)11-18(20)21(28)27-26-12-14-10-15(23)4-8-19(14)31-22(29)13-2-6-17(25)7-3-13/h2-12H,1H3,(H,27,28). The molecule has 9 heteroatoms. The molecule has 0 aliphatic carbocycles. The molecule has 1 N–H and O–H groups in total. The van der Waals surface area contributed by atoms with Gasteiger partial charge in [-0.3, -0.25) is 4.79 Å². The van der Waals surface area contributed by atoms with Gasteiger partial charge in [-0.15, -0.1) is 0 Å². The molecule has 3 aromatic rings.